The molecule has 0 fully saturated rings. The van der Waals surface area contributed by atoms with Crippen molar-refractivity contribution in [2.24, 2.45) is 0 Å². The molecular weight excluding hydrogens is 408 g/mol. The van der Waals surface area contributed by atoms with Gasteiger partial charge in [-0.2, -0.15) is 0 Å². The van der Waals surface area contributed by atoms with Crippen molar-refractivity contribution in [1.29, 1.82) is 0 Å². The van der Waals surface area contributed by atoms with Crippen LogP contribution in [-0.4, -0.2) is 56.1 Å². The molecule has 0 spiro atoms. The maximum atomic E-state index is 12.6. The molecule has 162 valence electrons. The van der Waals surface area contributed by atoms with Crippen LogP contribution in [0.5, 0.6) is 17.2 Å². The molecule has 10 heteroatoms. The van der Waals surface area contributed by atoms with E-state index in [1.54, 1.807) is 12.1 Å². The second-order valence-electron chi connectivity index (χ2n) is 6.47. The number of nitrogens with zero attached hydrogens (tertiary/aromatic N) is 1. The van der Waals surface area contributed by atoms with E-state index in [1.165, 1.54) is 52.5 Å². The molecule has 2 aromatic rings. The SMILES string of the molecule is COc1cc(C(=O)NC(C)C(=O)ON2C(=O)c3ccccc3C2=O)cc(OC)c1OC. The van der Waals surface area contributed by atoms with Crippen LogP contribution in [0.1, 0.15) is 38.0 Å². The van der Waals surface area contributed by atoms with E-state index in [-0.39, 0.29) is 28.2 Å². The molecule has 1 atom stereocenters. The van der Waals surface area contributed by atoms with Gasteiger partial charge in [0.25, 0.3) is 17.7 Å². The van der Waals surface area contributed by atoms with Crippen molar-refractivity contribution in [2.45, 2.75) is 13.0 Å². The number of ether oxygens (including phenoxy) is 3. The molecule has 1 aliphatic rings. The van der Waals surface area contributed by atoms with Crippen molar-refractivity contribution >= 4 is 23.7 Å². The fourth-order valence-electron chi connectivity index (χ4n) is 2.97. The number of rotatable bonds is 7. The monoisotopic (exact) mass is 428 g/mol. The summed E-state index contributed by atoms with van der Waals surface area (Å²) < 4.78 is 15.6. The number of amides is 3. The van der Waals surface area contributed by atoms with Crippen molar-refractivity contribution < 1.29 is 38.2 Å². The Kier molecular flexibility index (Phi) is 6.10. The Morgan fingerprint density at radius 2 is 1.42 bits per heavy atom. The average molecular weight is 428 g/mol. The van der Waals surface area contributed by atoms with E-state index in [0.717, 1.165) is 0 Å². The summed E-state index contributed by atoms with van der Waals surface area (Å²) in [7, 11) is 4.24. The number of benzene rings is 2. The molecule has 0 bridgehead atoms. The van der Waals surface area contributed by atoms with Gasteiger partial charge >= 0.3 is 5.97 Å². The predicted molar refractivity (Wildman–Crippen MR) is 106 cm³/mol. The molecule has 0 aromatic heterocycles. The predicted octanol–water partition coefficient (Wildman–Crippen LogP) is 1.59. The molecule has 0 saturated carbocycles. The summed E-state index contributed by atoms with van der Waals surface area (Å²) in [5.74, 6) is -2.31. The third-order valence-electron chi connectivity index (χ3n) is 4.57. The number of methoxy groups -OCH3 is 3. The Bertz CT molecular complexity index is 1010. The number of hydrogen-bond acceptors (Lipinski definition) is 8. The maximum Gasteiger partial charge on any atom is 0.354 e. The molecule has 1 N–H and O–H groups in total. The molecule has 1 aliphatic heterocycles. The van der Waals surface area contributed by atoms with E-state index in [0.29, 0.717) is 10.8 Å². The zero-order valence-corrected chi connectivity index (χ0v) is 17.3. The van der Waals surface area contributed by atoms with Crippen molar-refractivity contribution in [1.82, 2.24) is 10.4 Å². The summed E-state index contributed by atoms with van der Waals surface area (Å²) >= 11 is 0. The minimum Gasteiger partial charge on any atom is -0.493 e. The van der Waals surface area contributed by atoms with Crippen molar-refractivity contribution in [3.63, 3.8) is 0 Å². The number of nitrogens with one attached hydrogen (secondary N) is 1. The first-order chi connectivity index (χ1) is 14.8. The van der Waals surface area contributed by atoms with Crippen LogP contribution in [0.25, 0.3) is 0 Å². The Balaban J connectivity index is 1.71. The Labute approximate surface area is 177 Å². The van der Waals surface area contributed by atoms with Crippen molar-refractivity contribution in [2.75, 3.05) is 21.3 Å². The summed E-state index contributed by atoms with van der Waals surface area (Å²) in [6.45, 7) is 1.36. The van der Waals surface area contributed by atoms with Crippen LogP contribution < -0.4 is 19.5 Å². The Hall–Kier alpha value is -4.08. The van der Waals surface area contributed by atoms with E-state index in [4.69, 9.17) is 19.0 Å². The van der Waals surface area contributed by atoms with E-state index in [2.05, 4.69) is 5.32 Å². The van der Waals surface area contributed by atoms with Gasteiger partial charge in [-0.15, -0.1) is 0 Å². The van der Waals surface area contributed by atoms with Gasteiger partial charge in [-0.25, -0.2) is 4.79 Å². The van der Waals surface area contributed by atoms with Gasteiger partial charge in [-0.1, -0.05) is 17.2 Å². The first-order valence-corrected chi connectivity index (χ1v) is 9.12. The minimum atomic E-state index is -1.17. The fraction of sp³-hybridized carbons (Fsp3) is 0.238. The van der Waals surface area contributed by atoms with Crippen LogP contribution in [0.15, 0.2) is 36.4 Å². The summed E-state index contributed by atoms with van der Waals surface area (Å²) in [6, 6.07) is 7.76. The van der Waals surface area contributed by atoms with Gasteiger partial charge in [-0.3, -0.25) is 14.4 Å². The molecule has 31 heavy (non-hydrogen) atoms. The molecule has 0 radical (unpaired) electrons. The standard InChI is InChI=1S/C21H20N2O8/c1-11(21(27)31-23-19(25)13-7-5-6-8-14(13)20(23)26)22-18(24)12-9-15(28-2)17(30-4)16(10-12)29-3/h5-11H,1-4H3,(H,22,24). The summed E-state index contributed by atoms with van der Waals surface area (Å²) in [6.07, 6.45) is 0. The van der Waals surface area contributed by atoms with Crippen LogP contribution >= 0.6 is 0 Å². The van der Waals surface area contributed by atoms with Gasteiger partial charge in [-0.05, 0) is 31.2 Å². The number of fused-ring (bicyclic) bond motifs is 1. The molecule has 10 nitrogen and oxygen atoms in total. The summed E-state index contributed by atoms with van der Waals surface area (Å²) in [5, 5.41) is 2.83. The van der Waals surface area contributed by atoms with E-state index < -0.39 is 29.7 Å². The van der Waals surface area contributed by atoms with Crippen LogP contribution in [0.2, 0.25) is 0 Å². The van der Waals surface area contributed by atoms with Crippen LogP contribution in [0.3, 0.4) is 0 Å². The molecule has 1 unspecified atom stereocenters. The Morgan fingerprint density at radius 1 is 0.903 bits per heavy atom. The third kappa shape index (κ3) is 4.00. The van der Waals surface area contributed by atoms with E-state index in [9.17, 15) is 19.2 Å². The zero-order valence-electron chi connectivity index (χ0n) is 17.3. The highest BCUT2D eigenvalue weighted by atomic mass is 16.7. The van der Waals surface area contributed by atoms with Gasteiger partial charge in [0, 0.05) is 5.56 Å². The average Bonchev–Trinajstić information content (AvgIpc) is 3.02. The fourth-order valence-corrected chi connectivity index (χ4v) is 2.97. The largest absolute Gasteiger partial charge is 0.493 e. The zero-order chi connectivity index (χ0) is 22.7. The molecule has 3 rings (SSSR count). The highest BCUT2D eigenvalue weighted by Crippen LogP contribution is 2.38. The van der Waals surface area contributed by atoms with Crippen LogP contribution in [0, 0.1) is 0 Å². The lowest BCUT2D eigenvalue weighted by molar-refractivity contribution is -0.170. The molecule has 0 saturated heterocycles. The number of carbonyl (C=O) groups excluding carboxylic acids is 4. The molecule has 2 aromatic carbocycles. The molecule has 0 aliphatic carbocycles. The lowest BCUT2D eigenvalue weighted by atomic mass is 10.1. The Morgan fingerprint density at radius 3 is 1.87 bits per heavy atom. The summed E-state index contributed by atoms with van der Waals surface area (Å²) in [5.41, 5.74) is 0.402. The van der Waals surface area contributed by atoms with Gasteiger partial charge in [0.1, 0.15) is 6.04 Å². The second kappa shape index (κ2) is 8.74. The summed E-state index contributed by atoms with van der Waals surface area (Å²) in [4.78, 5) is 54.6. The molecule has 1 heterocycles. The second-order valence-corrected chi connectivity index (χ2v) is 6.47. The van der Waals surface area contributed by atoms with Crippen LogP contribution in [0.4, 0.5) is 0 Å². The first kappa shape index (κ1) is 21.6. The van der Waals surface area contributed by atoms with Gasteiger partial charge in [0.05, 0.1) is 32.5 Å². The maximum absolute atomic E-state index is 12.6. The van der Waals surface area contributed by atoms with Crippen molar-refractivity contribution in [3.8, 4) is 17.2 Å². The van der Waals surface area contributed by atoms with Crippen LogP contribution in [-0.2, 0) is 9.63 Å². The number of hydrogen-bond donors (Lipinski definition) is 1. The first-order valence-electron chi connectivity index (χ1n) is 9.12. The minimum absolute atomic E-state index is 0.134. The van der Waals surface area contributed by atoms with Gasteiger partial charge < -0.3 is 24.4 Å². The number of hydroxylamine groups is 2. The molecule has 3 amide bonds. The topological polar surface area (TPSA) is 120 Å². The lowest BCUT2D eigenvalue weighted by Crippen LogP contribution is -2.43. The molecular formula is C21H20N2O8. The smallest absolute Gasteiger partial charge is 0.354 e. The van der Waals surface area contributed by atoms with Crippen molar-refractivity contribution in [3.05, 3.63) is 53.1 Å². The normalized spacial score (nSPS) is 13.4. The van der Waals surface area contributed by atoms with Gasteiger partial charge in [0.2, 0.25) is 5.75 Å². The number of carbonyl (C=O) groups is 4. The van der Waals surface area contributed by atoms with E-state index >= 15 is 0 Å². The van der Waals surface area contributed by atoms with E-state index in [1.807, 2.05) is 0 Å². The number of imide groups is 1. The third-order valence-corrected chi connectivity index (χ3v) is 4.57. The lowest BCUT2D eigenvalue weighted by Gasteiger charge is -2.18. The van der Waals surface area contributed by atoms with Gasteiger partial charge in [0.15, 0.2) is 11.5 Å². The highest BCUT2D eigenvalue weighted by molar-refractivity contribution is 6.21. The highest BCUT2D eigenvalue weighted by Gasteiger charge is 2.39. The quantitative estimate of drug-likeness (QED) is 0.660.